The molecule has 0 saturated carbocycles. The number of likely N-dealkylation sites (N-methyl/N-ethyl adjacent to an activating group) is 1. The van der Waals surface area contributed by atoms with Crippen molar-refractivity contribution in [3.63, 3.8) is 0 Å². The van der Waals surface area contributed by atoms with Gasteiger partial charge in [-0.1, -0.05) is 12.1 Å². The van der Waals surface area contributed by atoms with Gasteiger partial charge in [0, 0.05) is 25.2 Å². The standard InChI is InChI=1S/C23H33N3O5S/c1-23(2,3)24-22(27)26(16-15-25(4)5)17-18-7-9-20(10-8-18)31-32(28,29)21-13-11-19(30-6)12-14-21/h7-14H,15-17H2,1-6H3,(H,24,27). The van der Waals surface area contributed by atoms with Gasteiger partial charge in [-0.05, 0) is 76.8 Å². The van der Waals surface area contributed by atoms with Gasteiger partial charge in [-0.2, -0.15) is 8.42 Å². The van der Waals surface area contributed by atoms with Gasteiger partial charge in [0.2, 0.25) is 0 Å². The second-order valence-corrected chi connectivity index (χ2v) is 10.3. The number of carbonyl (C=O) groups excluding carboxylic acids is 1. The maximum atomic E-state index is 12.7. The quantitative estimate of drug-likeness (QED) is 0.574. The van der Waals surface area contributed by atoms with Crippen LogP contribution in [0.1, 0.15) is 26.3 Å². The van der Waals surface area contributed by atoms with E-state index in [1.165, 1.54) is 19.2 Å². The molecule has 0 spiro atoms. The number of benzene rings is 2. The van der Waals surface area contributed by atoms with Gasteiger partial charge in [0.15, 0.2) is 0 Å². The number of methoxy groups -OCH3 is 1. The van der Waals surface area contributed by atoms with E-state index in [1.54, 1.807) is 41.3 Å². The van der Waals surface area contributed by atoms with Crippen LogP contribution in [0.25, 0.3) is 0 Å². The van der Waals surface area contributed by atoms with Crippen molar-refractivity contribution >= 4 is 16.1 Å². The summed E-state index contributed by atoms with van der Waals surface area (Å²) in [5, 5.41) is 2.99. The molecule has 2 aromatic rings. The van der Waals surface area contributed by atoms with E-state index in [2.05, 4.69) is 5.32 Å². The lowest BCUT2D eigenvalue weighted by atomic mass is 10.1. The third-order valence-electron chi connectivity index (χ3n) is 4.44. The van der Waals surface area contributed by atoms with E-state index in [9.17, 15) is 13.2 Å². The van der Waals surface area contributed by atoms with Crippen LogP contribution in [-0.2, 0) is 16.7 Å². The molecule has 0 atom stereocenters. The highest BCUT2D eigenvalue weighted by atomic mass is 32.2. The lowest BCUT2D eigenvalue weighted by molar-refractivity contribution is 0.180. The fraction of sp³-hybridized carbons (Fsp3) is 0.435. The zero-order valence-electron chi connectivity index (χ0n) is 19.6. The van der Waals surface area contributed by atoms with Crippen molar-refractivity contribution in [2.45, 2.75) is 37.8 Å². The van der Waals surface area contributed by atoms with Crippen LogP contribution >= 0.6 is 0 Å². The van der Waals surface area contributed by atoms with Gasteiger partial charge in [0.25, 0.3) is 0 Å². The molecule has 0 bridgehead atoms. The summed E-state index contributed by atoms with van der Waals surface area (Å²) < 4.78 is 35.3. The number of urea groups is 1. The van der Waals surface area contributed by atoms with Gasteiger partial charge in [-0.25, -0.2) is 4.79 Å². The number of hydrogen-bond acceptors (Lipinski definition) is 6. The molecule has 0 aromatic heterocycles. The van der Waals surface area contributed by atoms with Crippen molar-refractivity contribution in [2.75, 3.05) is 34.3 Å². The minimum atomic E-state index is -3.96. The number of ether oxygens (including phenoxy) is 1. The molecule has 0 aliphatic rings. The Morgan fingerprint density at radius 3 is 2.00 bits per heavy atom. The molecule has 0 heterocycles. The summed E-state index contributed by atoms with van der Waals surface area (Å²) in [6.07, 6.45) is 0. The largest absolute Gasteiger partial charge is 0.497 e. The smallest absolute Gasteiger partial charge is 0.339 e. The Balaban J connectivity index is 2.10. The van der Waals surface area contributed by atoms with E-state index in [0.29, 0.717) is 18.8 Å². The number of amides is 2. The molecule has 2 aromatic carbocycles. The van der Waals surface area contributed by atoms with Crippen molar-refractivity contribution in [1.29, 1.82) is 0 Å². The number of nitrogens with one attached hydrogen (secondary N) is 1. The van der Waals surface area contributed by atoms with E-state index in [-0.39, 0.29) is 22.2 Å². The first-order chi connectivity index (χ1) is 14.9. The average Bonchev–Trinajstić information content (AvgIpc) is 2.70. The molecule has 9 heteroatoms. The SMILES string of the molecule is COc1ccc(S(=O)(=O)Oc2ccc(CN(CCN(C)C)C(=O)NC(C)(C)C)cc2)cc1. The molecule has 2 amide bonds. The first-order valence-corrected chi connectivity index (χ1v) is 11.7. The Morgan fingerprint density at radius 1 is 0.938 bits per heavy atom. The normalized spacial score (nSPS) is 11.8. The predicted molar refractivity (Wildman–Crippen MR) is 124 cm³/mol. The Hall–Kier alpha value is -2.78. The zero-order chi connectivity index (χ0) is 23.9. The van der Waals surface area contributed by atoms with Gasteiger partial charge >= 0.3 is 16.1 Å². The minimum Gasteiger partial charge on any atom is -0.497 e. The van der Waals surface area contributed by atoms with Crippen molar-refractivity contribution in [3.05, 3.63) is 54.1 Å². The van der Waals surface area contributed by atoms with Gasteiger partial charge in [0.05, 0.1) is 7.11 Å². The predicted octanol–water partition coefficient (Wildman–Crippen LogP) is 3.33. The van der Waals surface area contributed by atoms with E-state index < -0.39 is 10.1 Å². The van der Waals surface area contributed by atoms with Crippen LogP contribution in [0.2, 0.25) is 0 Å². The lowest BCUT2D eigenvalue weighted by Crippen LogP contribution is -2.49. The van der Waals surface area contributed by atoms with Crippen LogP contribution < -0.4 is 14.2 Å². The monoisotopic (exact) mass is 463 g/mol. The third kappa shape index (κ3) is 8.05. The zero-order valence-corrected chi connectivity index (χ0v) is 20.4. The number of nitrogens with zero attached hydrogens (tertiary/aromatic N) is 2. The molecule has 32 heavy (non-hydrogen) atoms. The molecule has 2 rings (SSSR count). The summed E-state index contributed by atoms with van der Waals surface area (Å²) in [7, 11) is 1.46. The fourth-order valence-corrected chi connectivity index (χ4v) is 3.69. The molecule has 0 radical (unpaired) electrons. The maximum Gasteiger partial charge on any atom is 0.339 e. The maximum absolute atomic E-state index is 12.7. The number of hydrogen-bond donors (Lipinski definition) is 1. The molecule has 0 saturated heterocycles. The van der Waals surface area contributed by atoms with E-state index in [0.717, 1.165) is 12.1 Å². The van der Waals surface area contributed by atoms with Crippen LogP contribution in [0.4, 0.5) is 4.79 Å². The summed E-state index contributed by atoms with van der Waals surface area (Å²) in [5.74, 6) is 0.756. The molecule has 0 aliphatic carbocycles. The first-order valence-electron chi connectivity index (χ1n) is 10.3. The second-order valence-electron chi connectivity index (χ2n) is 8.76. The summed E-state index contributed by atoms with van der Waals surface area (Å²) in [5.41, 5.74) is 0.517. The Bertz CT molecular complexity index is 982. The highest BCUT2D eigenvalue weighted by Gasteiger charge is 2.21. The van der Waals surface area contributed by atoms with Crippen molar-refractivity contribution < 1.29 is 22.1 Å². The van der Waals surface area contributed by atoms with Crippen LogP contribution in [0.3, 0.4) is 0 Å². The molecule has 0 unspecified atom stereocenters. The van der Waals surface area contributed by atoms with E-state index in [1.807, 2.05) is 39.8 Å². The van der Waals surface area contributed by atoms with E-state index >= 15 is 0 Å². The third-order valence-corrected chi connectivity index (χ3v) is 5.70. The van der Waals surface area contributed by atoms with Gasteiger partial charge in [-0.15, -0.1) is 0 Å². The lowest BCUT2D eigenvalue weighted by Gasteiger charge is -2.29. The number of carbonyl (C=O) groups is 1. The molecule has 0 fully saturated rings. The van der Waals surface area contributed by atoms with Crippen LogP contribution in [0.15, 0.2) is 53.4 Å². The van der Waals surface area contributed by atoms with Crippen molar-refractivity contribution in [3.8, 4) is 11.5 Å². The molecule has 0 aliphatic heterocycles. The molecule has 1 N–H and O–H groups in total. The summed E-state index contributed by atoms with van der Waals surface area (Å²) in [6.45, 7) is 7.47. The van der Waals surface area contributed by atoms with Crippen LogP contribution in [-0.4, -0.2) is 64.1 Å². The molecular formula is C23H33N3O5S. The molecular weight excluding hydrogens is 430 g/mol. The van der Waals surface area contributed by atoms with Crippen molar-refractivity contribution in [2.24, 2.45) is 0 Å². The topological polar surface area (TPSA) is 88.2 Å². The van der Waals surface area contributed by atoms with Crippen LogP contribution in [0, 0.1) is 0 Å². The first kappa shape index (κ1) is 25.5. The average molecular weight is 464 g/mol. The van der Waals surface area contributed by atoms with Gasteiger partial charge in [-0.3, -0.25) is 0 Å². The Morgan fingerprint density at radius 2 is 1.50 bits per heavy atom. The number of rotatable bonds is 9. The molecule has 176 valence electrons. The Labute approximate surface area is 191 Å². The second kappa shape index (κ2) is 10.7. The summed E-state index contributed by atoms with van der Waals surface area (Å²) in [6, 6.07) is 12.5. The van der Waals surface area contributed by atoms with Crippen LogP contribution in [0.5, 0.6) is 11.5 Å². The highest BCUT2D eigenvalue weighted by molar-refractivity contribution is 7.87. The minimum absolute atomic E-state index is 0.0380. The van der Waals surface area contributed by atoms with Crippen molar-refractivity contribution in [1.82, 2.24) is 15.1 Å². The highest BCUT2D eigenvalue weighted by Crippen LogP contribution is 2.22. The van der Waals surface area contributed by atoms with E-state index in [4.69, 9.17) is 8.92 Å². The van der Waals surface area contributed by atoms with Gasteiger partial charge < -0.3 is 24.0 Å². The summed E-state index contributed by atoms with van der Waals surface area (Å²) >= 11 is 0. The molecule has 8 nitrogen and oxygen atoms in total. The Kier molecular flexibility index (Phi) is 8.51. The fourth-order valence-electron chi connectivity index (χ4n) is 2.76. The summed E-state index contributed by atoms with van der Waals surface area (Å²) in [4.78, 5) is 16.5. The van der Waals surface area contributed by atoms with Gasteiger partial charge in [0.1, 0.15) is 16.4 Å².